The highest BCUT2D eigenvalue weighted by Gasteiger charge is 2.33. The van der Waals surface area contributed by atoms with Crippen molar-refractivity contribution >= 4 is 27.3 Å². The van der Waals surface area contributed by atoms with Gasteiger partial charge in [-0.3, -0.25) is 4.79 Å². The van der Waals surface area contributed by atoms with Gasteiger partial charge in [0.1, 0.15) is 10.0 Å². The maximum absolute atomic E-state index is 12.9. The average molecular weight is 411 g/mol. The monoisotopic (exact) mass is 410 g/mol. The molecule has 1 aromatic carbocycles. The molecule has 2 heterocycles. The van der Waals surface area contributed by atoms with Crippen LogP contribution < -0.4 is 5.32 Å². The largest absolute Gasteiger partial charge is 0.356 e. The molecule has 1 unspecified atom stereocenters. The van der Waals surface area contributed by atoms with E-state index in [1.165, 1.54) is 23.5 Å². The van der Waals surface area contributed by atoms with E-state index in [2.05, 4.69) is 5.32 Å². The van der Waals surface area contributed by atoms with Crippen LogP contribution in [-0.2, 0) is 21.2 Å². The lowest BCUT2D eigenvalue weighted by atomic mass is 10.0. The summed E-state index contributed by atoms with van der Waals surface area (Å²) in [6, 6.07) is 9.12. The number of hydrogen-bond acceptors (Lipinski definition) is 4. The Balaban J connectivity index is 1.54. The van der Waals surface area contributed by atoms with Crippen LogP contribution in [0.25, 0.3) is 0 Å². The van der Waals surface area contributed by atoms with E-state index in [1.807, 2.05) is 0 Å². The van der Waals surface area contributed by atoms with E-state index in [0.29, 0.717) is 23.7 Å². The first-order valence-electron chi connectivity index (χ1n) is 9.03. The molecule has 8 heteroatoms. The van der Waals surface area contributed by atoms with Crippen molar-refractivity contribution in [3.05, 3.63) is 53.2 Å². The van der Waals surface area contributed by atoms with E-state index in [4.69, 9.17) is 0 Å². The lowest BCUT2D eigenvalue weighted by Gasteiger charge is -2.34. The highest BCUT2D eigenvalue weighted by atomic mass is 32.2. The lowest BCUT2D eigenvalue weighted by Crippen LogP contribution is -2.45. The van der Waals surface area contributed by atoms with E-state index in [1.54, 1.807) is 34.0 Å². The number of hydrogen-bond donors (Lipinski definition) is 1. The van der Waals surface area contributed by atoms with Gasteiger partial charge in [0, 0.05) is 19.1 Å². The van der Waals surface area contributed by atoms with Gasteiger partial charge < -0.3 is 5.32 Å². The molecular weight excluding hydrogens is 387 g/mol. The Bertz CT molecular complexity index is 852. The topological polar surface area (TPSA) is 66.5 Å². The fourth-order valence-electron chi connectivity index (χ4n) is 3.33. The summed E-state index contributed by atoms with van der Waals surface area (Å²) in [4.78, 5) is 12.1. The zero-order valence-electron chi connectivity index (χ0n) is 14.9. The molecule has 1 aliphatic rings. The smallest absolute Gasteiger partial charge is 0.252 e. The predicted octanol–water partition coefficient (Wildman–Crippen LogP) is 3.18. The summed E-state index contributed by atoms with van der Waals surface area (Å²) >= 11 is 1.23. The van der Waals surface area contributed by atoms with Gasteiger partial charge in [-0.05, 0) is 48.4 Å². The molecular formula is C19H23FN2O3S2. The van der Waals surface area contributed by atoms with Crippen LogP contribution in [0.2, 0.25) is 0 Å². The van der Waals surface area contributed by atoms with Gasteiger partial charge in [0.2, 0.25) is 5.91 Å². The molecule has 146 valence electrons. The molecule has 0 spiro atoms. The van der Waals surface area contributed by atoms with Crippen LogP contribution in [0, 0.1) is 5.82 Å². The van der Waals surface area contributed by atoms with Gasteiger partial charge in [-0.15, -0.1) is 11.3 Å². The van der Waals surface area contributed by atoms with Crippen LogP contribution in [0.3, 0.4) is 0 Å². The summed E-state index contributed by atoms with van der Waals surface area (Å²) in [5.41, 5.74) is 0.744. The van der Waals surface area contributed by atoms with E-state index in [0.717, 1.165) is 24.8 Å². The molecule has 1 N–H and O–H groups in total. The van der Waals surface area contributed by atoms with Gasteiger partial charge in [-0.2, -0.15) is 4.31 Å². The van der Waals surface area contributed by atoms with Crippen LogP contribution in [0.15, 0.2) is 46.0 Å². The second kappa shape index (κ2) is 8.95. The Hall–Kier alpha value is -1.77. The molecule has 3 rings (SSSR count). The fraction of sp³-hybridized carbons (Fsp3) is 0.421. The van der Waals surface area contributed by atoms with Crippen molar-refractivity contribution in [2.45, 2.75) is 42.4 Å². The number of halogens is 1. The Kier molecular flexibility index (Phi) is 6.62. The van der Waals surface area contributed by atoms with Crippen molar-refractivity contribution in [1.82, 2.24) is 9.62 Å². The Morgan fingerprint density at radius 2 is 2.00 bits per heavy atom. The normalized spacial score (nSPS) is 18.3. The third-order valence-corrected chi connectivity index (χ3v) is 8.03. The van der Waals surface area contributed by atoms with Gasteiger partial charge in [-0.1, -0.05) is 24.6 Å². The maximum Gasteiger partial charge on any atom is 0.252 e. The first kappa shape index (κ1) is 20.0. The summed E-state index contributed by atoms with van der Waals surface area (Å²) in [5, 5.41) is 4.61. The number of benzene rings is 1. The fourth-order valence-corrected chi connectivity index (χ4v) is 6.18. The Morgan fingerprint density at radius 3 is 2.70 bits per heavy atom. The summed E-state index contributed by atoms with van der Waals surface area (Å²) < 4.78 is 40.6. The van der Waals surface area contributed by atoms with Crippen molar-refractivity contribution in [3.63, 3.8) is 0 Å². The number of nitrogens with one attached hydrogen (secondary N) is 1. The number of carbonyl (C=O) groups excluding carboxylic acids is 1. The Morgan fingerprint density at radius 1 is 1.22 bits per heavy atom. The number of amides is 1. The molecule has 1 saturated heterocycles. The number of sulfonamides is 1. The highest BCUT2D eigenvalue weighted by Crippen LogP contribution is 2.29. The molecule has 0 radical (unpaired) electrons. The molecule has 1 atom stereocenters. The van der Waals surface area contributed by atoms with Crippen molar-refractivity contribution in [3.8, 4) is 0 Å². The molecule has 0 aliphatic carbocycles. The van der Waals surface area contributed by atoms with Crippen molar-refractivity contribution < 1.29 is 17.6 Å². The Labute approximate surface area is 163 Å². The minimum Gasteiger partial charge on any atom is -0.356 e. The zero-order chi connectivity index (χ0) is 19.3. The van der Waals surface area contributed by atoms with Gasteiger partial charge in [0.15, 0.2) is 0 Å². The molecule has 1 aromatic heterocycles. The van der Waals surface area contributed by atoms with E-state index in [-0.39, 0.29) is 24.2 Å². The molecule has 1 fully saturated rings. The summed E-state index contributed by atoms with van der Waals surface area (Å²) in [6.45, 7) is 0.940. The second-order valence-corrected chi connectivity index (χ2v) is 9.70. The van der Waals surface area contributed by atoms with Gasteiger partial charge in [0.05, 0.1) is 6.42 Å². The second-order valence-electron chi connectivity index (χ2n) is 6.64. The minimum atomic E-state index is -3.47. The van der Waals surface area contributed by atoms with Gasteiger partial charge in [-0.25, -0.2) is 12.8 Å². The molecule has 0 bridgehead atoms. The van der Waals surface area contributed by atoms with Crippen molar-refractivity contribution in [2.24, 2.45) is 0 Å². The van der Waals surface area contributed by atoms with Crippen LogP contribution in [0.5, 0.6) is 0 Å². The van der Waals surface area contributed by atoms with Crippen LogP contribution in [0.1, 0.15) is 31.2 Å². The average Bonchev–Trinajstić information content (AvgIpc) is 3.20. The molecule has 5 nitrogen and oxygen atoms in total. The van der Waals surface area contributed by atoms with Crippen LogP contribution >= 0.6 is 11.3 Å². The first-order valence-corrected chi connectivity index (χ1v) is 11.4. The van der Waals surface area contributed by atoms with Crippen molar-refractivity contribution in [1.29, 1.82) is 0 Å². The molecule has 2 aromatic rings. The predicted molar refractivity (Wildman–Crippen MR) is 104 cm³/mol. The van der Waals surface area contributed by atoms with E-state index in [9.17, 15) is 17.6 Å². The zero-order valence-corrected chi connectivity index (χ0v) is 16.6. The molecule has 1 amide bonds. The van der Waals surface area contributed by atoms with Crippen LogP contribution in [-0.4, -0.2) is 37.8 Å². The lowest BCUT2D eigenvalue weighted by molar-refractivity contribution is -0.120. The van der Waals surface area contributed by atoms with Crippen molar-refractivity contribution in [2.75, 3.05) is 13.1 Å². The molecule has 27 heavy (non-hydrogen) atoms. The minimum absolute atomic E-state index is 0.100. The quantitative estimate of drug-likeness (QED) is 0.762. The summed E-state index contributed by atoms with van der Waals surface area (Å²) in [6.07, 6.45) is 3.42. The first-order chi connectivity index (χ1) is 13.0. The van der Waals surface area contributed by atoms with Gasteiger partial charge >= 0.3 is 0 Å². The number of rotatable bonds is 7. The number of nitrogens with zero attached hydrogens (tertiary/aromatic N) is 1. The number of carbonyl (C=O) groups is 1. The SMILES string of the molecule is O=C(Cc1ccc(F)cc1)NCCC1CCCCN1S(=O)(=O)c1cccs1. The summed E-state index contributed by atoms with van der Waals surface area (Å²) in [5.74, 6) is -0.478. The van der Waals surface area contributed by atoms with Crippen LogP contribution in [0.4, 0.5) is 4.39 Å². The molecule has 0 saturated carbocycles. The third kappa shape index (κ3) is 5.15. The number of thiophene rings is 1. The standard InChI is InChI=1S/C19H23FN2O3S2/c20-16-8-6-15(7-9-16)14-18(23)21-11-10-17-4-1-2-12-22(17)27(24,25)19-5-3-13-26-19/h3,5-9,13,17H,1-2,4,10-12,14H2,(H,21,23). The molecule has 1 aliphatic heterocycles. The van der Waals surface area contributed by atoms with E-state index >= 15 is 0 Å². The van der Waals surface area contributed by atoms with E-state index < -0.39 is 10.0 Å². The van der Waals surface area contributed by atoms with Gasteiger partial charge in [0.25, 0.3) is 10.0 Å². The highest BCUT2D eigenvalue weighted by molar-refractivity contribution is 7.91. The summed E-state index contributed by atoms with van der Waals surface area (Å²) in [7, 11) is -3.47. The maximum atomic E-state index is 12.9. The number of piperidine rings is 1. The third-order valence-electron chi connectivity index (χ3n) is 4.71.